The first kappa shape index (κ1) is 12.6. The van der Waals surface area contributed by atoms with Crippen LogP contribution in [0.2, 0.25) is 0 Å². The smallest absolute Gasteiger partial charge is 0.126 e. The fourth-order valence-electron chi connectivity index (χ4n) is 1.79. The quantitative estimate of drug-likeness (QED) is 0.592. The minimum Gasteiger partial charge on any atom is -0.493 e. The van der Waals surface area contributed by atoms with E-state index < -0.39 is 0 Å². The molecule has 1 heterocycles. The van der Waals surface area contributed by atoms with E-state index in [0.29, 0.717) is 0 Å². The molecular formula is C12H14BrClOS. The summed E-state index contributed by atoms with van der Waals surface area (Å²) in [6, 6.07) is 4.33. The van der Waals surface area contributed by atoms with Crippen LogP contribution < -0.4 is 4.74 Å². The Morgan fingerprint density at radius 3 is 3.12 bits per heavy atom. The van der Waals surface area contributed by atoms with Gasteiger partial charge in [-0.15, -0.1) is 11.6 Å². The fraction of sp³-hybridized carbons (Fsp3) is 0.500. The predicted octanol–water partition coefficient (Wildman–Crippen LogP) is 4.25. The minimum absolute atomic E-state index is 0.750. The van der Waals surface area contributed by atoms with Crippen molar-refractivity contribution in [1.82, 2.24) is 0 Å². The second-order valence-corrected chi connectivity index (χ2v) is 6.15. The van der Waals surface area contributed by atoms with Crippen molar-refractivity contribution in [2.45, 2.75) is 18.6 Å². The maximum atomic E-state index is 5.68. The Kier molecular flexibility index (Phi) is 4.86. The summed E-state index contributed by atoms with van der Waals surface area (Å²) in [6.07, 6.45) is 2.11. The summed E-state index contributed by atoms with van der Waals surface area (Å²) in [5.41, 5.74) is 2.64. The van der Waals surface area contributed by atoms with Crippen molar-refractivity contribution in [3.8, 4) is 5.75 Å². The zero-order valence-corrected chi connectivity index (χ0v) is 12.1. The van der Waals surface area contributed by atoms with Gasteiger partial charge in [-0.2, -0.15) is 11.8 Å². The molecule has 0 radical (unpaired) electrons. The summed E-state index contributed by atoms with van der Waals surface area (Å²) < 4.78 is 6.84. The number of hydrogen-bond acceptors (Lipinski definition) is 2. The van der Waals surface area contributed by atoms with Crippen LogP contribution in [-0.4, -0.2) is 18.2 Å². The van der Waals surface area contributed by atoms with Crippen molar-refractivity contribution in [2.24, 2.45) is 0 Å². The van der Waals surface area contributed by atoms with E-state index in [0.717, 1.165) is 47.1 Å². The first-order valence-electron chi connectivity index (χ1n) is 5.39. The summed E-state index contributed by atoms with van der Waals surface area (Å²) in [5.74, 6) is 3.99. The van der Waals surface area contributed by atoms with Crippen molar-refractivity contribution in [1.29, 1.82) is 0 Å². The van der Waals surface area contributed by atoms with Crippen LogP contribution in [0.4, 0.5) is 0 Å². The van der Waals surface area contributed by atoms with Gasteiger partial charge in [0.25, 0.3) is 0 Å². The molecule has 1 aromatic rings. The molecule has 1 aromatic carbocycles. The zero-order valence-electron chi connectivity index (χ0n) is 8.97. The molecule has 0 atom stereocenters. The lowest BCUT2D eigenvalue weighted by atomic mass is 10.1. The Balaban J connectivity index is 2.03. The second kappa shape index (κ2) is 6.18. The van der Waals surface area contributed by atoms with Gasteiger partial charge in [-0.25, -0.2) is 0 Å². The summed E-state index contributed by atoms with van der Waals surface area (Å²) in [4.78, 5) is 0. The van der Waals surface area contributed by atoms with Crippen molar-refractivity contribution < 1.29 is 4.74 Å². The highest BCUT2D eigenvalue weighted by Crippen LogP contribution is 2.35. The van der Waals surface area contributed by atoms with E-state index in [1.54, 1.807) is 0 Å². The summed E-state index contributed by atoms with van der Waals surface area (Å²) >= 11 is 11.1. The second-order valence-electron chi connectivity index (χ2n) is 3.75. The van der Waals surface area contributed by atoms with Crippen LogP contribution in [0.1, 0.15) is 17.5 Å². The van der Waals surface area contributed by atoms with Crippen LogP contribution in [0.15, 0.2) is 16.6 Å². The molecule has 1 aliphatic heterocycles. The van der Waals surface area contributed by atoms with Gasteiger partial charge in [-0.1, -0.05) is 15.9 Å². The van der Waals surface area contributed by atoms with Crippen LogP contribution in [0.25, 0.3) is 0 Å². The molecule has 0 spiro atoms. The Hall–Kier alpha value is 0.140. The van der Waals surface area contributed by atoms with Crippen LogP contribution in [0, 0.1) is 0 Å². The van der Waals surface area contributed by atoms with Crippen molar-refractivity contribution in [3.05, 3.63) is 27.7 Å². The fourth-order valence-corrected chi connectivity index (χ4v) is 3.56. The Morgan fingerprint density at radius 1 is 1.44 bits per heavy atom. The van der Waals surface area contributed by atoms with Crippen molar-refractivity contribution in [3.63, 3.8) is 0 Å². The van der Waals surface area contributed by atoms with Gasteiger partial charge in [0, 0.05) is 28.1 Å². The van der Waals surface area contributed by atoms with E-state index in [9.17, 15) is 0 Å². The Morgan fingerprint density at radius 2 is 2.31 bits per heavy atom. The number of halogens is 2. The Labute approximate surface area is 114 Å². The molecule has 0 aliphatic carbocycles. The van der Waals surface area contributed by atoms with Crippen molar-refractivity contribution >= 4 is 39.3 Å². The molecule has 0 saturated heterocycles. The molecule has 0 bridgehead atoms. The molecule has 0 N–H and O–H groups in total. The third-order valence-electron chi connectivity index (χ3n) is 2.51. The van der Waals surface area contributed by atoms with Gasteiger partial charge in [0.2, 0.25) is 0 Å². The lowest BCUT2D eigenvalue weighted by Crippen LogP contribution is -1.91. The zero-order chi connectivity index (χ0) is 11.4. The van der Waals surface area contributed by atoms with Gasteiger partial charge >= 0.3 is 0 Å². The highest BCUT2D eigenvalue weighted by atomic mass is 79.9. The maximum Gasteiger partial charge on any atom is 0.126 e. The molecule has 0 saturated carbocycles. The van der Waals surface area contributed by atoms with E-state index in [-0.39, 0.29) is 0 Å². The summed E-state index contributed by atoms with van der Waals surface area (Å²) in [6.45, 7) is 0.825. The number of benzene rings is 1. The van der Waals surface area contributed by atoms with Crippen LogP contribution in [-0.2, 0) is 12.2 Å². The van der Waals surface area contributed by atoms with E-state index >= 15 is 0 Å². The number of fused-ring (bicyclic) bond motifs is 1. The summed E-state index contributed by atoms with van der Waals surface area (Å²) in [7, 11) is 0. The molecule has 4 heteroatoms. The number of ether oxygens (including phenoxy) is 1. The van der Waals surface area contributed by atoms with Gasteiger partial charge in [0.05, 0.1) is 6.61 Å². The minimum atomic E-state index is 0.750. The van der Waals surface area contributed by atoms with Crippen LogP contribution in [0.3, 0.4) is 0 Å². The molecular weight excluding hydrogens is 308 g/mol. The molecule has 0 amide bonds. The van der Waals surface area contributed by atoms with E-state index in [4.69, 9.17) is 16.3 Å². The van der Waals surface area contributed by atoms with Gasteiger partial charge < -0.3 is 4.74 Å². The normalized spacial score (nSPS) is 13.6. The van der Waals surface area contributed by atoms with E-state index in [2.05, 4.69) is 28.1 Å². The van der Waals surface area contributed by atoms with Crippen LogP contribution in [0.5, 0.6) is 5.75 Å². The highest BCUT2D eigenvalue weighted by Gasteiger charge is 2.17. The largest absolute Gasteiger partial charge is 0.493 e. The van der Waals surface area contributed by atoms with Gasteiger partial charge in [-0.3, -0.25) is 0 Å². The molecule has 0 unspecified atom stereocenters. The average Bonchev–Trinajstić information content (AvgIpc) is 2.72. The third-order valence-corrected chi connectivity index (χ3v) is 4.32. The standard InChI is InChI=1S/C12H14BrClOS/c13-11-6-9-2-4-15-12(9)10(7-11)8-16-5-1-3-14/h6-7H,1-5,8H2. The lowest BCUT2D eigenvalue weighted by molar-refractivity contribution is 0.354. The molecule has 2 rings (SSSR count). The first-order valence-corrected chi connectivity index (χ1v) is 7.87. The molecule has 16 heavy (non-hydrogen) atoms. The maximum absolute atomic E-state index is 5.68. The summed E-state index contributed by atoms with van der Waals surface area (Å²) in [5, 5.41) is 0. The first-order chi connectivity index (χ1) is 7.81. The monoisotopic (exact) mass is 320 g/mol. The number of alkyl halides is 1. The van der Waals surface area contributed by atoms with Gasteiger partial charge in [0.1, 0.15) is 5.75 Å². The molecule has 0 aromatic heterocycles. The third kappa shape index (κ3) is 3.08. The number of thioether (sulfide) groups is 1. The molecule has 88 valence electrons. The Bertz CT molecular complexity index is 370. The SMILES string of the molecule is ClCCCSCc1cc(Br)cc2c1OCC2. The van der Waals surface area contributed by atoms with Gasteiger partial charge in [-0.05, 0) is 29.9 Å². The highest BCUT2D eigenvalue weighted by molar-refractivity contribution is 9.10. The number of hydrogen-bond donors (Lipinski definition) is 0. The molecule has 1 nitrogen and oxygen atoms in total. The van der Waals surface area contributed by atoms with E-state index in [1.807, 2.05) is 11.8 Å². The molecule has 0 fully saturated rings. The van der Waals surface area contributed by atoms with Crippen LogP contribution >= 0.6 is 39.3 Å². The predicted molar refractivity (Wildman–Crippen MR) is 74.8 cm³/mol. The van der Waals surface area contributed by atoms with Gasteiger partial charge in [0.15, 0.2) is 0 Å². The lowest BCUT2D eigenvalue weighted by Gasteiger charge is -2.08. The van der Waals surface area contributed by atoms with Crippen molar-refractivity contribution in [2.75, 3.05) is 18.2 Å². The average molecular weight is 322 g/mol. The van der Waals surface area contributed by atoms with E-state index in [1.165, 1.54) is 11.1 Å². The number of rotatable bonds is 5. The molecule has 1 aliphatic rings. The topological polar surface area (TPSA) is 9.23 Å².